The number of aromatic nitrogens is 2. The number of halogens is 1. The molecule has 0 atom stereocenters. The van der Waals surface area contributed by atoms with E-state index >= 15 is 0 Å². The molecule has 0 saturated carbocycles. The van der Waals surface area contributed by atoms with Crippen LogP contribution in [0.1, 0.15) is 16.7 Å². The van der Waals surface area contributed by atoms with Crippen molar-refractivity contribution >= 4 is 29.2 Å². The van der Waals surface area contributed by atoms with Crippen molar-refractivity contribution in [2.75, 3.05) is 5.32 Å². The Bertz CT molecular complexity index is 678. The van der Waals surface area contributed by atoms with E-state index in [9.17, 15) is 0 Å². The molecule has 0 unspecified atom stereocenters. The van der Waals surface area contributed by atoms with Crippen LogP contribution in [0.2, 0.25) is 5.28 Å². The maximum absolute atomic E-state index is 8.57. The largest absolute Gasteiger partial charge is 0.340 e. The van der Waals surface area contributed by atoms with Crippen LogP contribution in [-0.2, 0) is 0 Å². The second kappa shape index (κ2) is 6.18. The molecule has 0 bridgehead atoms. The highest BCUT2D eigenvalue weighted by Gasteiger charge is 2.06. The van der Waals surface area contributed by atoms with Gasteiger partial charge in [-0.1, -0.05) is 0 Å². The minimum absolute atomic E-state index is 0.207. The Morgan fingerprint density at radius 1 is 1.30 bits per heavy atom. The van der Waals surface area contributed by atoms with Crippen LogP contribution >= 0.6 is 11.6 Å². The lowest BCUT2D eigenvalue weighted by Gasteiger charge is -2.13. The molecule has 5 heteroatoms. The van der Waals surface area contributed by atoms with Crippen molar-refractivity contribution < 1.29 is 0 Å². The van der Waals surface area contributed by atoms with Crippen LogP contribution in [0.15, 0.2) is 30.5 Å². The fraction of sp³-hybridized carbons (Fsp3) is 0.133. The van der Waals surface area contributed by atoms with E-state index < -0.39 is 0 Å². The van der Waals surface area contributed by atoms with E-state index in [4.69, 9.17) is 16.9 Å². The monoisotopic (exact) mass is 284 g/mol. The lowest BCUT2D eigenvalue weighted by molar-refractivity contribution is 1.16. The Morgan fingerprint density at radius 3 is 2.60 bits per heavy atom. The van der Waals surface area contributed by atoms with E-state index in [1.165, 1.54) is 6.08 Å². The summed E-state index contributed by atoms with van der Waals surface area (Å²) in [4.78, 5) is 7.96. The molecule has 0 aliphatic carbocycles. The number of anilines is 2. The Hall–Kier alpha value is -2.38. The first-order valence-electron chi connectivity index (χ1n) is 6.03. The molecule has 0 aliphatic rings. The fourth-order valence-electron chi connectivity index (χ4n) is 1.96. The summed E-state index contributed by atoms with van der Waals surface area (Å²) in [5.74, 6) is 0.650. The Kier molecular flexibility index (Phi) is 4.34. The molecule has 1 heterocycles. The van der Waals surface area contributed by atoms with E-state index in [0.29, 0.717) is 5.82 Å². The van der Waals surface area contributed by atoms with Crippen LogP contribution in [0.3, 0.4) is 0 Å². The first-order valence-corrected chi connectivity index (χ1v) is 6.41. The summed E-state index contributed by atoms with van der Waals surface area (Å²) < 4.78 is 0. The molecule has 1 N–H and O–H groups in total. The van der Waals surface area contributed by atoms with Crippen molar-refractivity contribution in [3.8, 4) is 6.07 Å². The summed E-state index contributed by atoms with van der Waals surface area (Å²) >= 11 is 5.77. The number of rotatable bonds is 3. The third-order valence-corrected chi connectivity index (χ3v) is 2.97. The molecule has 0 radical (unpaired) electrons. The summed E-state index contributed by atoms with van der Waals surface area (Å²) in [6.45, 7) is 4.00. The van der Waals surface area contributed by atoms with Gasteiger partial charge in [-0.3, -0.25) is 0 Å². The molecule has 1 aromatic heterocycles. The number of nitrogens with one attached hydrogen (secondary N) is 1. The summed E-state index contributed by atoms with van der Waals surface area (Å²) in [7, 11) is 0. The van der Waals surface area contributed by atoms with Crippen LogP contribution in [0.4, 0.5) is 11.5 Å². The molecule has 0 fully saturated rings. The minimum Gasteiger partial charge on any atom is -0.340 e. The SMILES string of the molecule is Cc1cc(/C=C/C#N)cc(C)c1Nc1ccnc(Cl)n1. The molecule has 20 heavy (non-hydrogen) atoms. The molecule has 0 spiro atoms. The van der Waals surface area contributed by atoms with Crippen molar-refractivity contribution in [3.63, 3.8) is 0 Å². The van der Waals surface area contributed by atoms with E-state index in [1.807, 2.05) is 32.0 Å². The van der Waals surface area contributed by atoms with Gasteiger partial charge < -0.3 is 5.32 Å². The quantitative estimate of drug-likeness (QED) is 0.683. The van der Waals surface area contributed by atoms with Gasteiger partial charge >= 0.3 is 0 Å². The average molecular weight is 285 g/mol. The van der Waals surface area contributed by atoms with Crippen molar-refractivity contribution in [2.45, 2.75) is 13.8 Å². The van der Waals surface area contributed by atoms with Gasteiger partial charge in [0.05, 0.1) is 6.07 Å². The number of nitriles is 1. The van der Waals surface area contributed by atoms with Gasteiger partial charge in [0.15, 0.2) is 0 Å². The number of benzene rings is 1. The van der Waals surface area contributed by atoms with Gasteiger partial charge in [-0.25, -0.2) is 9.97 Å². The zero-order chi connectivity index (χ0) is 14.5. The summed E-state index contributed by atoms with van der Waals surface area (Å²) in [6.07, 6.45) is 4.85. The van der Waals surface area contributed by atoms with Gasteiger partial charge in [-0.05, 0) is 66.4 Å². The van der Waals surface area contributed by atoms with Crippen molar-refractivity contribution in [3.05, 3.63) is 52.4 Å². The highest BCUT2D eigenvalue weighted by molar-refractivity contribution is 6.28. The predicted molar refractivity (Wildman–Crippen MR) is 80.9 cm³/mol. The third kappa shape index (κ3) is 3.34. The summed E-state index contributed by atoms with van der Waals surface area (Å²) in [5.41, 5.74) is 4.11. The van der Waals surface area contributed by atoms with Gasteiger partial charge in [0.25, 0.3) is 0 Å². The summed E-state index contributed by atoms with van der Waals surface area (Å²) in [6, 6.07) is 7.76. The molecule has 1 aromatic carbocycles. The number of allylic oxidation sites excluding steroid dienone is 1. The second-order valence-electron chi connectivity index (χ2n) is 4.33. The first kappa shape index (κ1) is 14.0. The highest BCUT2D eigenvalue weighted by Crippen LogP contribution is 2.26. The predicted octanol–water partition coefficient (Wildman–Crippen LogP) is 4.03. The van der Waals surface area contributed by atoms with Gasteiger partial charge in [-0.2, -0.15) is 5.26 Å². The van der Waals surface area contributed by atoms with Crippen molar-refractivity contribution in [1.82, 2.24) is 9.97 Å². The number of hydrogen-bond acceptors (Lipinski definition) is 4. The van der Waals surface area contributed by atoms with Gasteiger partial charge in [0.2, 0.25) is 5.28 Å². The highest BCUT2D eigenvalue weighted by atomic mass is 35.5. The van der Waals surface area contributed by atoms with E-state index in [2.05, 4.69) is 15.3 Å². The van der Waals surface area contributed by atoms with Crippen LogP contribution in [0.5, 0.6) is 0 Å². The Morgan fingerprint density at radius 2 is 2.00 bits per heavy atom. The number of nitrogens with zero attached hydrogens (tertiary/aromatic N) is 3. The normalized spacial score (nSPS) is 10.5. The molecule has 2 aromatic rings. The van der Waals surface area contributed by atoms with E-state index in [-0.39, 0.29) is 5.28 Å². The van der Waals surface area contributed by atoms with Crippen molar-refractivity contribution in [2.24, 2.45) is 0 Å². The van der Waals surface area contributed by atoms with Crippen LogP contribution in [-0.4, -0.2) is 9.97 Å². The average Bonchev–Trinajstić information content (AvgIpc) is 2.40. The molecule has 4 nitrogen and oxygen atoms in total. The topological polar surface area (TPSA) is 61.6 Å². The van der Waals surface area contributed by atoms with Crippen molar-refractivity contribution in [1.29, 1.82) is 5.26 Å². The van der Waals surface area contributed by atoms with E-state index in [0.717, 1.165) is 22.4 Å². The fourth-order valence-corrected chi connectivity index (χ4v) is 2.10. The van der Waals surface area contributed by atoms with Crippen LogP contribution in [0.25, 0.3) is 6.08 Å². The molecule has 0 saturated heterocycles. The molecular formula is C15H13ClN4. The van der Waals surface area contributed by atoms with E-state index in [1.54, 1.807) is 18.3 Å². The first-order chi connectivity index (χ1) is 9.60. The maximum Gasteiger partial charge on any atom is 0.224 e. The zero-order valence-corrected chi connectivity index (χ0v) is 11.9. The molecular weight excluding hydrogens is 272 g/mol. The third-order valence-electron chi connectivity index (χ3n) is 2.78. The Balaban J connectivity index is 2.34. The molecule has 0 amide bonds. The molecule has 2 rings (SSSR count). The second-order valence-corrected chi connectivity index (χ2v) is 4.67. The lowest BCUT2D eigenvalue weighted by atomic mass is 10.0. The number of aryl methyl sites for hydroxylation is 2. The Labute approximate surface area is 122 Å². The minimum atomic E-state index is 0.207. The van der Waals surface area contributed by atoms with Gasteiger partial charge in [0, 0.05) is 18.0 Å². The van der Waals surface area contributed by atoms with Crippen LogP contribution in [0, 0.1) is 25.2 Å². The molecule has 0 aliphatic heterocycles. The smallest absolute Gasteiger partial charge is 0.224 e. The number of hydrogen-bond donors (Lipinski definition) is 1. The maximum atomic E-state index is 8.57. The van der Waals surface area contributed by atoms with Gasteiger partial charge in [-0.15, -0.1) is 0 Å². The zero-order valence-electron chi connectivity index (χ0n) is 11.2. The molecule has 100 valence electrons. The lowest BCUT2D eigenvalue weighted by Crippen LogP contribution is -1.99. The van der Waals surface area contributed by atoms with Crippen LogP contribution < -0.4 is 5.32 Å². The van der Waals surface area contributed by atoms with Gasteiger partial charge in [0.1, 0.15) is 5.82 Å². The summed E-state index contributed by atoms with van der Waals surface area (Å²) in [5, 5.41) is 12.0. The standard InChI is InChI=1S/C15H13ClN4/c1-10-8-12(4-3-6-17)9-11(2)14(10)19-13-5-7-18-15(16)20-13/h3-5,7-9H,1-2H3,(H,18,19,20)/b4-3+.